The SMILES string of the molecule is NCCCN(Cc1ccccc1)C(=O)CCn1ccnn1. The first-order chi connectivity index (χ1) is 10.3. The van der Waals surface area contributed by atoms with Gasteiger partial charge in [0.05, 0.1) is 12.7 Å². The zero-order valence-electron chi connectivity index (χ0n) is 12.1. The van der Waals surface area contributed by atoms with Gasteiger partial charge in [0.2, 0.25) is 5.91 Å². The fourth-order valence-corrected chi connectivity index (χ4v) is 2.10. The van der Waals surface area contributed by atoms with E-state index in [9.17, 15) is 4.79 Å². The van der Waals surface area contributed by atoms with Crippen molar-refractivity contribution in [3.8, 4) is 0 Å². The molecule has 6 heteroatoms. The van der Waals surface area contributed by atoms with E-state index in [1.807, 2.05) is 35.2 Å². The molecule has 0 aliphatic carbocycles. The van der Waals surface area contributed by atoms with E-state index in [2.05, 4.69) is 10.3 Å². The molecule has 2 rings (SSSR count). The summed E-state index contributed by atoms with van der Waals surface area (Å²) < 4.78 is 1.67. The smallest absolute Gasteiger partial charge is 0.224 e. The second-order valence-corrected chi connectivity index (χ2v) is 4.86. The van der Waals surface area contributed by atoms with E-state index >= 15 is 0 Å². The second-order valence-electron chi connectivity index (χ2n) is 4.86. The Labute approximate surface area is 124 Å². The van der Waals surface area contributed by atoms with E-state index in [0.717, 1.165) is 12.0 Å². The van der Waals surface area contributed by atoms with Crippen LogP contribution in [0.25, 0.3) is 0 Å². The van der Waals surface area contributed by atoms with E-state index in [-0.39, 0.29) is 5.91 Å². The summed E-state index contributed by atoms with van der Waals surface area (Å²) in [6.45, 7) is 2.44. The highest BCUT2D eigenvalue weighted by molar-refractivity contribution is 5.76. The quantitative estimate of drug-likeness (QED) is 0.787. The molecule has 1 heterocycles. The normalized spacial score (nSPS) is 10.5. The zero-order valence-corrected chi connectivity index (χ0v) is 12.1. The van der Waals surface area contributed by atoms with Crippen LogP contribution in [0.2, 0.25) is 0 Å². The fourth-order valence-electron chi connectivity index (χ4n) is 2.10. The van der Waals surface area contributed by atoms with Gasteiger partial charge in [0.25, 0.3) is 0 Å². The molecule has 0 radical (unpaired) electrons. The van der Waals surface area contributed by atoms with Crippen molar-refractivity contribution >= 4 is 5.91 Å². The van der Waals surface area contributed by atoms with Crippen molar-refractivity contribution in [2.45, 2.75) is 25.9 Å². The van der Waals surface area contributed by atoms with Crippen LogP contribution in [0, 0.1) is 0 Å². The summed E-state index contributed by atoms with van der Waals surface area (Å²) in [6.07, 6.45) is 4.60. The summed E-state index contributed by atoms with van der Waals surface area (Å²) >= 11 is 0. The summed E-state index contributed by atoms with van der Waals surface area (Å²) in [5.74, 6) is 0.114. The highest BCUT2D eigenvalue weighted by Gasteiger charge is 2.13. The van der Waals surface area contributed by atoms with Gasteiger partial charge >= 0.3 is 0 Å². The standard InChI is InChI=1S/C15H21N5O/c16-8-4-10-19(13-14-5-2-1-3-6-14)15(21)7-11-20-12-9-17-18-20/h1-3,5-6,9,12H,4,7-8,10-11,13,16H2. The molecule has 0 spiro atoms. The molecule has 0 aliphatic heterocycles. The molecular weight excluding hydrogens is 266 g/mol. The molecule has 1 aromatic heterocycles. The first kappa shape index (κ1) is 15.2. The monoisotopic (exact) mass is 287 g/mol. The molecule has 112 valence electrons. The van der Waals surface area contributed by atoms with Gasteiger partial charge in [-0.15, -0.1) is 5.10 Å². The number of benzene rings is 1. The average Bonchev–Trinajstić information content (AvgIpc) is 3.03. The summed E-state index contributed by atoms with van der Waals surface area (Å²) in [4.78, 5) is 14.2. The minimum absolute atomic E-state index is 0.114. The molecule has 0 bridgehead atoms. The number of amides is 1. The molecular formula is C15H21N5O. The Kier molecular flexibility index (Phi) is 5.90. The van der Waals surface area contributed by atoms with Crippen molar-refractivity contribution in [1.82, 2.24) is 19.9 Å². The molecule has 0 aliphatic rings. The average molecular weight is 287 g/mol. The topological polar surface area (TPSA) is 77.0 Å². The van der Waals surface area contributed by atoms with Crippen molar-refractivity contribution in [1.29, 1.82) is 0 Å². The second kappa shape index (κ2) is 8.16. The Morgan fingerprint density at radius 1 is 1.29 bits per heavy atom. The van der Waals surface area contributed by atoms with Gasteiger partial charge in [0.1, 0.15) is 0 Å². The fraction of sp³-hybridized carbons (Fsp3) is 0.400. The van der Waals surface area contributed by atoms with E-state index in [1.54, 1.807) is 17.1 Å². The van der Waals surface area contributed by atoms with Gasteiger partial charge in [0.15, 0.2) is 0 Å². The van der Waals surface area contributed by atoms with Gasteiger partial charge in [-0.05, 0) is 18.5 Å². The number of nitrogens with two attached hydrogens (primary N) is 1. The van der Waals surface area contributed by atoms with Crippen molar-refractivity contribution in [2.75, 3.05) is 13.1 Å². The third-order valence-electron chi connectivity index (χ3n) is 3.23. The van der Waals surface area contributed by atoms with Crippen LogP contribution < -0.4 is 5.73 Å². The minimum Gasteiger partial charge on any atom is -0.338 e. The van der Waals surface area contributed by atoms with E-state index < -0.39 is 0 Å². The molecule has 0 fully saturated rings. The molecule has 21 heavy (non-hydrogen) atoms. The number of hydrogen-bond donors (Lipinski definition) is 1. The zero-order chi connectivity index (χ0) is 14.9. The summed E-state index contributed by atoms with van der Waals surface area (Å²) in [5, 5.41) is 7.60. The molecule has 0 unspecified atom stereocenters. The van der Waals surface area contributed by atoms with Crippen molar-refractivity contribution in [3.63, 3.8) is 0 Å². The molecule has 2 aromatic rings. The van der Waals surface area contributed by atoms with E-state index in [4.69, 9.17) is 5.73 Å². The van der Waals surface area contributed by atoms with Crippen LogP contribution in [0.3, 0.4) is 0 Å². The highest BCUT2D eigenvalue weighted by atomic mass is 16.2. The minimum atomic E-state index is 0.114. The van der Waals surface area contributed by atoms with Crippen LogP contribution in [0.4, 0.5) is 0 Å². The predicted octanol–water partition coefficient (Wildman–Crippen LogP) is 1.05. The number of carbonyl (C=O) groups excluding carboxylic acids is 1. The molecule has 1 aromatic carbocycles. The molecule has 0 saturated heterocycles. The predicted molar refractivity (Wildman–Crippen MR) is 80.2 cm³/mol. The molecule has 6 nitrogen and oxygen atoms in total. The summed E-state index contributed by atoms with van der Waals surface area (Å²) in [5.41, 5.74) is 6.69. The van der Waals surface area contributed by atoms with Crippen LogP contribution in [0.15, 0.2) is 42.7 Å². The number of aryl methyl sites for hydroxylation is 1. The largest absolute Gasteiger partial charge is 0.338 e. The van der Waals surface area contributed by atoms with Crippen LogP contribution in [-0.4, -0.2) is 38.9 Å². The van der Waals surface area contributed by atoms with Crippen molar-refractivity contribution < 1.29 is 4.79 Å². The third-order valence-corrected chi connectivity index (χ3v) is 3.23. The van der Waals surface area contributed by atoms with Crippen molar-refractivity contribution in [2.24, 2.45) is 5.73 Å². The maximum absolute atomic E-state index is 12.4. The number of rotatable bonds is 8. The Bertz CT molecular complexity index is 526. The summed E-state index contributed by atoms with van der Waals surface area (Å²) in [6, 6.07) is 9.99. The molecule has 0 atom stereocenters. The van der Waals surface area contributed by atoms with Gasteiger partial charge in [-0.3, -0.25) is 9.48 Å². The lowest BCUT2D eigenvalue weighted by Gasteiger charge is -2.22. The van der Waals surface area contributed by atoms with Gasteiger partial charge in [0, 0.05) is 25.7 Å². The van der Waals surface area contributed by atoms with Crippen molar-refractivity contribution in [3.05, 3.63) is 48.3 Å². The Hall–Kier alpha value is -2.21. The number of carbonyl (C=O) groups is 1. The third kappa shape index (κ3) is 5.00. The highest BCUT2D eigenvalue weighted by Crippen LogP contribution is 2.07. The first-order valence-corrected chi connectivity index (χ1v) is 7.15. The summed E-state index contributed by atoms with van der Waals surface area (Å²) in [7, 11) is 0. The van der Waals surface area contributed by atoms with Gasteiger partial charge in [-0.1, -0.05) is 35.5 Å². The Balaban J connectivity index is 1.92. The van der Waals surface area contributed by atoms with Crippen LogP contribution in [0.1, 0.15) is 18.4 Å². The molecule has 0 saturated carbocycles. The lowest BCUT2D eigenvalue weighted by atomic mass is 10.2. The first-order valence-electron chi connectivity index (χ1n) is 7.15. The lowest BCUT2D eigenvalue weighted by molar-refractivity contribution is -0.132. The maximum Gasteiger partial charge on any atom is 0.224 e. The van der Waals surface area contributed by atoms with Crippen LogP contribution >= 0.6 is 0 Å². The Morgan fingerprint density at radius 2 is 2.10 bits per heavy atom. The van der Waals surface area contributed by atoms with E-state index in [0.29, 0.717) is 32.6 Å². The maximum atomic E-state index is 12.4. The molecule has 1 amide bonds. The number of nitrogens with zero attached hydrogens (tertiary/aromatic N) is 4. The van der Waals surface area contributed by atoms with Crippen LogP contribution in [-0.2, 0) is 17.9 Å². The number of hydrogen-bond acceptors (Lipinski definition) is 4. The van der Waals surface area contributed by atoms with Gasteiger partial charge in [-0.2, -0.15) is 0 Å². The van der Waals surface area contributed by atoms with Gasteiger partial charge < -0.3 is 10.6 Å². The Morgan fingerprint density at radius 3 is 2.76 bits per heavy atom. The van der Waals surface area contributed by atoms with E-state index in [1.165, 1.54) is 0 Å². The lowest BCUT2D eigenvalue weighted by Crippen LogP contribution is -2.33. The molecule has 2 N–H and O–H groups in total. The number of aromatic nitrogens is 3. The van der Waals surface area contributed by atoms with Gasteiger partial charge in [-0.25, -0.2) is 0 Å². The van der Waals surface area contributed by atoms with Crippen LogP contribution in [0.5, 0.6) is 0 Å².